The van der Waals surface area contributed by atoms with Crippen molar-refractivity contribution < 1.29 is 4.79 Å². The van der Waals surface area contributed by atoms with Crippen molar-refractivity contribution in [2.45, 2.75) is 37.8 Å². The van der Waals surface area contributed by atoms with Crippen LogP contribution in [0.5, 0.6) is 0 Å². The molecule has 10 heteroatoms. The number of nitrogen functional groups attached to an aromatic ring is 1. The highest BCUT2D eigenvalue weighted by Crippen LogP contribution is 2.29. The molecule has 0 atom stereocenters. The van der Waals surface area contributed by atoms with Crippen LogP contribution in [0.25, 0.3) is 22.0 Å². The molecule has 4 rings (SSSR count). The fourth-order valence-corrected chi connectivity index (χ4v) is 5.62. The number of thioether (sulfide) groups is 1. The van der Waals surface area contributed by atoms with E-state index >= 15 is 0 Å². The Morgan fingerprint density at radius 3 is 2.70 bits per heavy atom. The van der Waals surface area contributed by atoms with Crippen molar-refractivity contribution in [3.05, 3.63) is 53.2 Å². The largest absolute Gasteiger partial charge is 0.335 e. The average molecular weight is 499 g/mol. The molecule has 0 radical (unpaired) electrons. The number of carbonyl (C=O) groups is 1. The number of hydrogen-bond donors (Lipinski definition) is 1. The minimum absolute atomic E-state index is 0.00821. The Balaban J connectivity index is 1.46. The summed E-state index contributed by atoms with van der Waals surface area (Å²) < 4.78 is 1.45. The zero-order valence-corrected chi connectivity index (χ0v) is 20.8. The Hall–Kier alpha value is -2.69. The molecule has 2 N–H and O–H groups in total. The first-order chi connectivity index (χ1) is 16.2. The molecule has 0 fully saturated rings. The van der Waals surface area contributed by atoms with Gasteiger partial charge in [0.2, 0.25) is 11.1 Å². The predicted molar refractivity (Wildman–Crippen MR) is 138 cm³/mol. The number of nitrogens with two attached hydrogens (primary N) is 1. The molecule has 0 saturated carbocycles. The van der Waals surface area contributed by atoms with Gasteiger partial charge in [0.15, 0.2) is 11.0 Å². The van der Waals surface area contributed by atoms with Crippen LogP contribution in [0, 0.1) is 0 Å². The molecule has 1 amide bonds. The lowest BCUT2D eigenvalue weighted by Gasteiger charge is -2.19. The van der Waals surface area contributed by atoms with E-state index in [4.69, 9.17) is 10.8 Å². The number of anilines is 1. The van der Waals surface area contributed by atoms with Crippen LogP contribution in [0.15, 0.2) is 58.4 Å². The zero-order chi connectivity index (χ0) is 23.0. The fraction of sp³-hybridized carbons (Fsp3) is 0.304. The molecule has 0 aliphatic carbocycles. The van der Waals surface area contributed by atoms with E-state index in [1.165, 1.54) is 27.8 Å². The molecule has 4 aromatic rings. The molecule has 0 bridgehead atoms. The van der Waals surface area contributed by atoms with Crippen molar-refractivity contribution in [2.75, 3.05) is 23.0 Å². The van der Waals surface area contributed by atoms with Gasteiger partial charge in [-0.25, -0.2) is 9.66 Å². The number of unbranched alkanes of at least 4 members (excludes halogenated alkanes) is 3. The number of thiazole rings is 1. The molecule has 3 heterocycles. The van der Waals surface area contributed by atoms with Crippen molar-refractivity contribution >= 4 is 45.5 Å². The lowest BCUT2D eigenvalue weighted by molar-refractivity contribution is -0.116. The van der Waals surface area contributed by atoms with Gasteiger partial charge < -0.3 is 5.84 Å². The highest BCUT2D eigenvalue weighted by atomic mass is 32.2. The third kappa shape index (κ3) is 5.82. The van der Waals surface area contributed by atoms with Crippen LogP contribution in [-0.4, -0.2) is 38.1 Å². The second-order valence-corrected chi connectivity index (χ2v) is 10.2. The molecule has 7 nitrogen and oxygen atoms in total. The van der Waals surface area contributed by atoms with Gasteiger partial charge in [0.1, 0.15) is 0 Å². The lowest BCUT2D eigenvalue weighted by Crippen LogP contribution is -2.33. The van der Waals surface area contributed by atoms with Gasteiger partial charge >= 0.3 is 0 Å². The fourth-order valence-electron chi connectivity index (χ4n) is 3.31. The number of benzene rings is 1. The molecule has 0 unspecified atom stereocenters. The van der Waals surface area contributed by atoms with E-state index in [0.29, 0.717) is 17.5 Å². The molecule has 172 valence electrons. The summed E-state index contributed by atoms with van der Waals surface area (Å²) in [6.07, 6.45) is 4.34. The summed E-state index contributed by atoms with van der Waals surface area (Å²) in [6, 6.07) is 13.9. The monoisotopic (exact) mass is 498 g/mol. The van der Waals surface area contributed by atoms with Gasteiger partial charge in [-0.1, -0.05) is 74.3 Å². The van der Waals surface area contributed by atoms with Crippen LogP contribution in [0.1, 0.15) is 32.6 Å². The minimum atomic E-state index is -0.00821. The summed E-state index contributed by atoms with van der Waals surface area (Å²) in [6.45, 7) is 2.83. The number of aromatic nitrogens is 4. The van der Waals surface area contributed by atoms with Gasteiger partial charge in [0.05, 0.1) is 16.3 Å². The van der Waals surface area contributed by atoms with Gasteiger partial charge in [-0.2, -0.15) is 0 Å². The number of carbonyl (C=O) groups excluding carboxylic acids is 1. The summed E-state index contributed by atoms with van der Waals surface area (Å²) in [5.41, 5.74) is 1.93. The number of rotatable bonds is 11. The molecule has 0 aliphatic heterocycles. The standard InChI is InChI=1S/C23H26N6OS3/c1-2-3-4-8-13-28(22-25-18(15-32-22)17-10-6-5-7-11-17)20(30)16-33-23-27-26-21(29(23)24)19-12-9-14-31-19/h5-7,9-12,14-15H,2-4,8,13,16,24H2,1H3. The molecular formula is C23H26N6OS3. The van der Waals surface area contributed by atoms with Crippen molar-refractivity contribution in [1.29, 1.82) is 0 Å². The Labute approximate surface area is 205 Å². The summed E-state index contributed by atoms with van der Waals surface area (Å²) in [4.78, 5) is 20.8. The lowest BCUT2D eigenvalue weighted by atomic mass is 10.2. The third-order valence-corrected chi connectivity index (χ3v) is 7.72. The topological polar surface area (TPSA) is 89.9 Å². The summed E-state index contributed by atoms with van der Waals surface area (Å²) in [7, 11) is 0. The summed E-state index contributed by atoms with van der Waals surface area (Å²) in [5, 5.41) is 13.6. The van der Waals surface area contributed by atoms with Gasteiger partial charge in [-0.05, 0) is 17.9 Å². The van der Waals surface area contributed by atoms with Gasteiger partial charge in [-0.3, -0.25) is 9.69 Å². The third-order valence-electron chi connectivity index (χ3n) is 5.06. The molecular weight excluding hydrogens is 472 g/mol. The number of amides is 1. The van der Waals surface area contributed by atoms with E-state index in [9.17, 15) is 4.79 Å². The maximum absolute atomic E-state index is 13.2. The van der Waals surface area contributed by atoms with Crippen LogP contribution in [0.4, 0.5) is 5.13 Å². The first-order valence-electron chi connectivity index (χ1n) is 10.9. The van der Waals surface area contributed by atoms with Crippen LogP contribution in [0.3, 0.4) is 0 Å². The quantitative estimate of drug-likeness (QED) is 0.166. The van der Waals surface area contributed by atoms with E-state index < -0.39 is 0 Å². The molecule has 0 aliphatic rings. The van der Waals surface area contributed by atoms with Crippen molar-refractivity contribution in [1.82, 2.24) is 19.9 Å². The molecule has 1 aromatic carbocycles. The van der Waals surface area contributed by atoms with E-state index in [1.807, 2.05) is 53.2 Å². The van der Waals surface area contributed by atoms with Gasteiger partial charge in [0, 0.05) is 17.5 Å². The first kappa shape index (κ1) is 23.5. The van der Waals surface area contributed by atoms with Crippen molar-refractivity contribution in [3.63, 3.8) is 0 Å². The molecule has 0 spiro atoms. The van der Waals surface area contributed by atoms with E-state index in [-0.39, 0.29) is 11.7 Å². The number of thiophene rings is 1. The zero-order valence-electron chi connectivity index (χ0n) is 18.4. The summed E-state index contributed by atoms with van der Waals surface area (Å²) >= 11 is 4.35. The SMILES string of the molecule is CCCCCCN(C(=O)CSc1nnc(-c2cccs2)n1N)c1nc(-c2ccccc2)cs1. The molecule has 0 saturated heterocycles. The highest BCUT2D eigenvalue weighted by Gasteiger charge is 2.21. The minimum Gasteiger partial charge on any atom is -0.335 e. The van der Waals surface area contributed by atoms with Gasteiger partial charge in [0.25, 0.3) is 0 Å². The van der Waals surface area contributed by atoms with Gasteiger partial charge in [-0.15, -0.1) is 32.9 Å². The number of nitrogens with zero attached hydrogens (tertiary/aromatic N) is 5. The van der Waals surface area contributed by atoms with E-state index in [0.717, 1.165) is 46.9 Å². The van der Waals surface area contributed by atoms with Crippen LogP contribution in [0.2, 0.25) is 0 Å². The average Bonchev–Trinajstić information content (AvgIpc) is 3.60. The van der Waals surface area contributed by atoms with Crippen LogP contribution in [-0.2, 0) is 4.79 Å². The molecule has 3 aromatic heterocycles. The second kappa shape index (κ2) is 11.4. The Bertz CT molecular complexity index is 1160. The van der Waals surface area contributed by atoms with E-state index in [1.54, 1.807) is 16.2 Å². The Morgan fingerprint density at radius 2 is 1.94 bits per heavy atom. The van der Waals surface area contributed by atoms with E-state index in [2.05, 4.69) is 17.1 Å². The van der Waals surface area contributed by atoms with Crippen molar-refractivity contribution in [2.24, 2.45) is 0 Å². The maximum atomic E-state index is 13.2. The Morgan fingerprint density at radius 1 is 1.09 bits per heavy atom. The normalized spacial score (nSPS) is 11.1. The maximum Gasteiger partial charge on any atom is 0.239 e. The first-order valence-corrected chi connectivity index (χ1v) is 13.6. The Kier molecular flexibility index (Phi) is 8.14. The highest BCUT2D eigenvalue weighted by molar-refractivity contribution is 7.99. The molecule has 33 heavy (non-hydrogen) atoms. The smallest absolute Gasteiger partial charge is 0.239 e. The van der Waals surface area contributed by atoms with Crippen molar-refractivity contribution in [3.8, 4) is 22.0 Å². The van der Waals surface area contributed by atoms with Crippen LogP contribution >= 0.6 is 34.4 Å². The summed E-state index contributed by atoms with van der Waals surface area (Å²) in [5.74, 6) is 7.00. The predicted octanol–water partition coefficient (Wildman–Crippen LogP) is 5.55. The van der Waals surface area contributed by atoms with Crippen LogP contribution < -0.4 is 10.7 Å². The second-order valence-electron chi connectivity index (χ2n) is 7.43. The number of hydrogen-bond acceptors (Lipinski definition) is 8.